The second-order valence-corrected chi connectivity index (χ2v) is 3.32. The largest absolute Gasteiger partial charge is 0.410 e. The van der Waals surface area contributed by atoms with Crippen molar-refractivity contribution in [3.63, 3.8) is 0 Å². The van der Waals surface area contributed by atoms with Crippen molar-refractivity contribution in [1.29, 1.82) is 0 Å². The number of hydrogen-bond donors (Lipinski definition) is 1. The van der Waals surface area contributed by atoms with E-state index >= 15 is 0 Å². The molecule has 2 nitrogen and oxygen atoms in total. The van der Waals surface area contributed by atoms with Crippen LogP contribution in [0.25, 0.3) is 0 Å². The van der Waals surface area contributed by atoms with Gasteiger partial charge in [0, 0.05) is 5.92 Å². The summed E-state index contributed by atoms with van der Waals surface area (Å²) in [5, 5.41) is 11.6. The van der Waals surface area contributed by atoms with E-state index in [1.807, 2.05) is 6.92 Å². The third-order valence-corrected chi connectivity index (χ3v) is 2.40. The van der Waals surface area contributed by atoms with E-state index in [4.69, 9.17) is 16.8 Å². The molecule has 0 aromatic heterocycles. The van der Waals surface area contributed by atoms with E-state index in [0.717, 1.165) is 5.56 Å². The van der Waals surface area contributed by atoms with Crippen LogP contribution in [-0.4, -0.2) is 10.4 Å². The van der Waals surface area contributed by atoms with Gasteiger partial charge in [-0.3, -0.25) is 0 Å². The predicted octanol–water partition coefficient (Wildman–Crippen LogP) is 3.35. The molecule has 0 fully saturated rings. The molecule has 0 heterocycles. The zero-order valence-electron chi connectivity index (χ0n) is 7.74. The van der Waals surface area contributed by atoms with Crippen LogP contribution in [0.15, 0.2) is 29.4 Å². The molecule has 0 spiro atoms. The molecule has 0 aliphatic carbocycles. The molecular weight excluding hydrogens is 205 g/mol. The van der Waals surface area contributed by atoms with Crippen LogP contribution in [0.3, 0.4) is 0 Å². The average Bonchev–Trinajstić information content (AvgIpc) is 2.21. The molecule has 14 heavy (non-hydrogen) atoms. The monoisotopic (exact) mass is 215 g/mol. The molecule has 0 saturated carbocycles. The van der Waals surface area contributed by atoms with Gasteiger partial charge in [0.05, 0.1) is 0 Å². The van der Waals surface area contributed by atoms with Gasteiger partial charge in [-0.1, -0.05) is 35.8 Å². The molecule has 1 aromatic carbocycles. The molecule has 1 atom stereocenters. The van der Waals surface area contributed by atoms with E-state index < -0.39 is 0 Å². The number of halogens is 2. The lowest BCUT2D eigenvalue weighted by Gasteiger charge is -2.11. The highest BCUT2D eigenvalue weighted by atomic mass is 35.5. The summed E-state index contributed by atoms with van der Waals surface area (Å²) >= 11 is 5.71. The molecule has 1 aromatic rings. The van der Waals surface area contributed by atoms with E-state index in [2.05, 4.69) is 5.16 Å². The van der Waals surface area contributed by atoms with E-state index in [9.17, 15) is 4.39 Å². The van der Waals surface area contributed by atoms with Crippen LogP contribution in [0.4, 0.5) is 4.39 Å². The fourth-order valence-corrected chi connectivity index (χ4v) is 1.59. The van der Waals surface area contributed by atoms with Crippen molar-refractivity contribution < 1.29 is 9.60 Å². The third-order valence-electron chi connectivity index (χ3n) is 2.06. The highest BCUT2D eigenvalue weighted by molar-refractivity contribution is 6.66. The number of nitrogens with zero attached hydrogens (tertiary/aromatic N) is 1. The predicted molar refractivity (Wildman–Crippen MR) is 54.5 cm³/mol. The van der Waals surface area contributed by atoms with Crippen molar-refractivity contribution in [3.05, 3.63) is 35.6 Å². The van der Waals surface area contributed by atoms with Gasteiger partial charge in [0.25, 0.3) is 0 Å². The minimum absolute atomic E-state index is 0.124. The van der Waals surface area contributed by atoms with Crippen molar-refractivity contribution in [3.8, 4) is 0 Å². The maximum atomic E-state index is 12.6. The number of oxime groups is 1. The van der Waals surface area contributed by atoms with Crippen molar-refractivity contribution in [1.82, 2.24) is 0 Å². The molecule has 0 bridgehead atoms. The Morgan fingerprint density at radius 1 is 1.50 bits per heavy atom. The quantitative estimate of drug-likeness (QED) is 0.468. The lowest BCUT2D eigenvalue weighted by atomic mass is 9.98. The second-order valence-electron chi connectivity index (χ2n) is 2.94. The molecule has 76 valence electrons. The van der Waals surface area contributed by atoms with Crippen LogP contribution >= 0.6 is 11.6 Å². The molecule has 0 radical (unpaired) electrons. The molecule has 0 amide bonds. The first-order chi connectivity index (χ1) is 6.69. The molecular formula is C10H11ClFNO. The maximum Gasteiger partial charge on any atom is 0.152 e. The molecule has 4 heteroatoms. The van der Waals surface area contributed by atoms with Gasteiger partial charge in [-0.15, -0.1) is 0 Å². The van der Waals surface area contributed by atoms with Gasteiger partial charge in [0.2, 0.25) is 0 Å². The van der Waals surface area contributed by atoms with Crippen molar-refractivity contribution >= 4 is 16.8 Å². The van der Waals surface area contributed by atoms with Crippen LogP contribution in [0.2, 0.25) is 0 Å². The lowest BCUT2D eigenvalue weighted by Crippen LogP contribution is -2.05. The summed E-state index contributed by atoms with van der Waals surface area (Å²) < 4.78 is 12.6. The van der Waals surface area contributed by atoms with E-state index in [-0.39, 0.29) is 16.9 Å². The first-order valence-electron chi connectivity index (χ1n) is 4.32. The van der Waals surface area contributed by atoms with Crippen LogP contribution in [0.5, 0.6) is 0 Å². The Morgan fingerprint density at radius 3 is 2.50 bits per heavy atom. The molecule has 1 rings (SSSR count). The van der Waals surface area contributed by atoms with Gasteiger partial charge in [-0.25, -0.2) is 4.39 Å². The Labute approximate surface area is 87.0 Å². The van der Waals surface area contributed by atoms with Crippen molar-refractivity contribution in [2.24, 2.45) is 5.16 Å². The van der Waals surface area contributed by atoms with Gasteiger partial charge < -0.3 is 5.21 Å². The Morgan fingerprint density at radius 2 is 2.07 bits per heavy atom. The molecule has 0 aliphatic rings. The van der Waals surface area contributed by atoms with Crippen LogP contribution < -0.4 is 0 Å². The smallest absolute Gasteiger partial charge is 0.152 e. The van der Waals surface area contributed by atoms with Crippen LogP contribution in [0, 0.1) is 5.82 Å². The summed E-state index contributed by atoms with van der Waals surface area (Å²) in [5.41, 5.74) is 0.844. The molecule has 0 saturated heterocycles. The van der Waals surface area contributed by atoms with Gasteiger partial charge in [-0.05, 0) is 24.1 Å². The molecule has 1 unspecified atom stereocenters. The minimum Gasteiger partial charge on any atom is -0.410 e. The SMILES string of the molecule is CCC(/C(Cl)=N\O)c1ccc(F)cc1. The third kappa shape index (κ3) is 2.45. The summed E-state index contributed by atoms with van der Waals surface area (Å²) in [6.07, 6.45) is 0.703. The Bertz CT molecular complexity index is 323. The fourth-order valence-electron chi connectivity index (χ4n) is 1.31. The highest BCUT2D eigenvalue weighted by Gasteiger charge is 2.14. The standard InChI is InChI=1S/C10H11ClFNO/c1-2-9(10(11)13-14)7-3-5-8(12)6-4-7/h3-6,9,14H,2H2,1H3/b13-10+. The summed E-state index contributed by atoms with van der Waals surface area (Å²) in [4.78, 5) is 0. The Balaban J connectivity index is 2.95. The number of hydrogen-bond acceptors (Lipinski definition) is 2. The van der Waals surface area contributed by atoms with Crippen LogP contribution in [-0.2, 0) is 0 Å². The zero-order valence-corrected chi connectivity index (χ0v) is 8.50. The molecule has 0 aliphatic heterocycles. The van der Waals surface area contributed by atoms with Gasteiger partial charge in [0.15, 0.2) is 5.17 Å². The first-order valence-corrected chi connectivity index (χ1v) is 4.69. The summed E-state index contributed by atoms with van der Waals surface area (Å²) in [6, 6.07) is 5.99. The topological polar surface area (TPSA) is 32.6 Å². The summed E-state index contributed by atoms with van der Waals surface area (Å²) in [7, 11) is 0. The zero-order chi connectivity index (χ0) is 10.6. The average molecular weight is 216 g/mol. The fraction of sp³-hybridized carbons (Fsp3) is 0.300. The maximum absolute atomic E-state index is 12.6. The first kappa shape index (κ1) is 11.0. The number of benzene rings is 1. The van der Waals surface area contributed by atoms with Crippen molar-refractivity contribution in [2.45, 2.75) is 19.3 Å². The Hall–Kier alpha value is -1.09. The van der Waals surface area contributed by atoms with E-state index in [1.54, 1.807) is 12.1 Å². The number of rotatable bonds is 3. The lowest BCUT2D eigenvalue weighted by molar-refractivity contribution is 0.318. The Kier molecular flexibility index (Phi) is 3.89. The van der Waals surface area contributed by atoms with E-state index in [0.29, 0.717) is 6.42 Å². The minimum atomic E-state index is -0.291. The van der Waals surface area contributed by atoms with Crippen LogP contribution in [0.1, 0.15) is 24.8 Å². The van der Waals surface area contributed by atoms with Gasteiger partial charge in [-0.2, -0.15) is 0 Å². The van der Waals surface area contributed by atoms with E-state index in [1.165, 1.54) is 12.1 Å². The summed E-state index contributed by atoms with van der Waals surface area (Å²) in [6.45, 7) is 1.92. The van der Waals surface area contributed by atoms with Gasteiger partial charge in [0.1, 0.15) is 5.82 Å². The normalized spacial score (nSPS) is 14.1. The van der Waals surface area contributed by atoms with Gasteiger partial charge >= 0.3 is 0 Å². The van der Waals surface area contributed by atoms with Crippen molar-refractivity contribution in [2.75, 3.05) is 0 Å². The summed E-state index contributed by atoms with van der Waals surface area (Å²) in [5.74, 6) is -0.456. The highest BCUT2D eigenvalue weighted by Crippen LogP contribution is 2.23. The molecule has 1 N–H and O–H groups in total. The second kappa shape index (κ2) is 4.96.